The van der Waals surface area contributed by atoms with E-state index < -0.39 is 0 Å². The fourth-order valence-corrected chi connectivity index (χ4v) is 3.21. The number of amides is 1. The summed E-state index contributed by atoms with van der Waals surface area (Å²) in [4.78, 5) is 14.7. The van der Waals surface area contributed by atoms with Crippen LogP contribution < -0.4 is 10.1 Å². The van der Waals surface area contributed by atoms with Crippen molar-refractivity contribution in [2.24, 2.45) is 0 Å². The standard InChI is InChI=1S/C17H24N2O3/c1-2-21-15-7-3-5-13(9-15)17(20)18-10-16-11-19-8-4-6-14(19)12-22-16/h3,5,7,9,14,16H,2,4,6,8,10-12H2,1H3,(H,18,20). The van der Waals surface area contributed by atoms with Crippen molar-refractivity contribution in [3.8, 4) is 5.75 Å². The van der Waals surface area contributed by atoms with E-state index in [2.05, 4.69) is 10.2 Å². The maximum atomic E-state index is 12.2. The van der Waals surface area contributed by atoms with Crippen molar-refractivity contribution in [1.82, 2.24) is 10.2 Å². The molecule has 1 aromatic rings. The summed E-state index contributed by atoms with van der Waals surface area (Å²) in [6, 6.07) is 7.87. The molecule has 2 aliphatic rings. The summed E-state index contributed by atoms with van der Waals surface area (Å²) in [6.07, 6.45) is 2.59. The molecule has 2 unspecified atom stereocenters. The molecular weight excluding hydrogens is 280 g/mol. The Hall–Kier alpha value is -1.59. The van der Waals surface area contributed by atoms with Crippen LogP contribution >= 0.6 is 0 Å². The van der Waals surface area contributed by atoms with Crippen LogP contribution in [-0.4, -0.2) is 55.8 Å². The van der Waals surface area contributed by atoms with Crippen LogP contribution in [0.2, 0.25) is 0 Å². The van der Waals surface area contributed by atoms with E-state index in [1.807, 2.05) is 19.1 Å². The van der Waals surface area contributed by atoms with Gasteiger partial charge in [0, 0.05) is 24.7 Å². The molecule has 2 aliphatic heterocycles. The van der Waals surface area contributed by atoms with Gasteiger partial charge in [-0.05, 0) is 44.5 Å². The van der Waals surface area contributed by atoms with Crippen LogP contribution in [0.25, 0.3) is 0 Å². The van der Waals surface area contributed by atoms with Gasteiger partial charge in [-0.3, -0.25) is 9.69 Å². The first kappa shape index (κ1) is 15.3. The number of fused-ring (bicyclic) bond motifs is 1. The van der Waals surface area contributed by atoms with Crippen molar-refractivity contribution < 1.29 is 14.3 Å². The number of nitrogens with one attached hydrogen (secondary N) is 1. The number of carbonyl (C=O) groups is 1. The van der Waals surface area contributed by atoms with Crippen molar-refractivity contribution in [1.29, 1.82) is 0 Å². The third kappa shape index (κ3) is 3.59. The Morgan fingerprint density at radius 2 is 2.41 bits per heavy atom. The number of rotatable bonds is 5. The first-order valence-electron chi connectivity index (χ1n) is 8.13. The number of ether oxygens (including phenoxy) is 2. The monoisotopic (exact) mass is 304 g/mol. The third-order valence-corrected chi connectivity index (χ3v) is 4.36. The molecule has 3 rings (SSSR count). The molecule has 0 spiro atoms. The van der Waals surface area contributed by atoms with Gasteiger partial charge in [0.15, 0.2) is 0 Å². The fraction of sp³-hybridized carbons (Fsp3) is 0.588. The Morgan fingerprint density at radius 3 is 3.27 bits per heavy atom. The number of carbonyl (C=O) groups excluding carboxylic acids is 1. The zero-order valence-electron chi connectivity index (χ0n) is 13.1. The van der Waals surface area contributed by atoms with Gasteiger partial charge in [-0.1, -0.05) is 6.07 Å². The number of nitrogens with zero attached hydrogens (tertiary/aromatic N) is 1. The van der Waals surface area contributed by atoms with Gasteiger partial charge in [0.2, 0.25) is 0 Å². The molecule has 2 fully saturated rings. The second kappa shape index (κ2) is 7.11. The predicted molar refractivity (Wildman–Crippen MR) is 84.3 cm³/mol. The molecule has 5 heteroatoms. The quantitative estimate of drug-likeness (QED) is 0.899. The summed E-state index contributed by atoms with van der Waals surface area (Å²) in [7, 11) is 0. The van der Waals surface area contributed by atoms with Crippen LogP contribution in [0.3, 0.4) is 0 Å². The lowest BCUT2D eigenvalue weighted by Gasteiger charge is -2.35. The van der Waals surface area contributed by atoms with Gasteiger partial charge in [-0.2, -0.15) is 0 Å². The van der Waals surface area contributed by atoms with Crippen molar-refractivity contribution in [2.75, 3.05) is 32.8 Å². The summed E-state index contributed by atoms with van der Waals surface area (Å²) < 4.78 is 11.3. The van der Waals surface area contributed by atoms with E-state index in [-0.39, 0.29) is 12.0 Å². The molecule has 0 aliphatic carbocycles. The molecule has 1 aromatic carbocycles. The lowest BCUT2D eigenvalue weighted by molar-refractivity contribution is -0.0461. The Bertz CT molecular complexity index is 520. The van der Waals surface area contributed by atoms with Crippen LogP contribution in [0.15, 0.2) is 24.3 Å². The van der Waals surface area contributed by atoms with Crippen LogP contribution in [-0.2, 0) is 4.74 Å². The molecule has 0 bridgehead atoms. The highest BCUT2D eigenvalue weighted by molar-refractivity contribution is 5.94. The Morgan fingerprint density at radius 1 is 1.50 bits per heavy atom. The maximum Gasteiger partial charge on any atom is 0.251 e. The van der Waals surface area contributed by atoms with Gasteiger partial charge in [0.25, 0.3) is 5.91 Å². The lowest BCUT2D eigenvalue weighted by Crippen LogP contribution is -2.50. The smallest absolute Gasteiger partial charge is 0.251 e. The average Bonchev–Trinajstić information content (AvgIpc) is 3.01. The lowest BCUT2D eigenvalue weighted by atomic mass is 10.1. The zero-order valence-corrected chi connectivity index (χ0v) is 13.1. The van der Waals surface area contributed by atoms with Crippen molar-refractivity contribution in [3.05, 3.63) is 29.8 Å². The molecule has 0 aromatic heterocycles. The van der Waals surface area contributed by atoms with E-state index in [0.29, 0.717) is 24.8 Å². The zero-order chi connectivity index (χ0) is 15.4. The SMILES string of the molecule is CCOc1cccc(C(=O)NCC2CN3CCCC3CO2)c1. The van der Waals surface area contributed by atoms with E-state index in [1.165, 1.54) is 12.8 Å². The number of hydrogen-bond acceptors (Lipinski definition) is 4. The van der Waals surface area contributed by atoms with Gasteiger partial charge in [0.1, 0.15) is 5.75 Å². The number of benzene rings is 1. The highest BCUT2D eigenvalue weighted by Gasteiger charge is 2.32. The first-order chi connectivity index (χ1) is 10.8. The largest absolute Gasteiger partial charge is 0.494 e. The minimum Gasteiger partial charge on any atom is -0.494 e. The minimum absolute atomic E-state index is 0.0753. The first-order valence-corrected chi connectivity index (χ1v) is 8.13. The molecule has 1 amide bonds. The van der Waals surface area contributed by atoms with Gasteiger partial charge in [-0.25, -0.2) is 0 Å². The summed E-state index contributed by atoms with van der Waals surface area (Å²) in [5, 5.41) is 2.97. The molecular formula is C17H24N2O3. The third-order valence-electron chi connectivity index (χ3n) is 4.36. The van der Waals surface area contributed by atoms with Gasteiger partial charge < -0.3 is 14.8 Å². The number of morpholine rings is 1. The molecule has 5 nitrogen and oxygen atoms in total. The van der Waals surface area contributed by atoms with E-state index in [0.717, 1.165) is 25.4 Å². The van der Waals surface area contributed by atoms with Gasteiger partial charge in [0.05, 0.1) is 19.3 Å². The Labute approximate surface area is 131 Å². The van der Waals surface area contributed by atoms with Crippen LogP contribution in [0.1, 0.15) is 30.1 Å². The van der Waals surface area contributed by atoms with E-state index in [9.17, 15) is 4.79 Å². The van der Waals surface area contributed by atoms with Gasteiger partial charge >= 0.3 is 0 Å². The van der Waals surface area contributed by atoms with Gasteiger partial charge in [-0.15, -0.1) is 0 Å². The molecule has 2 heterocycles. The summed E-state index contributed by atoms with van der Waals surface area (Å²) in [5.74, 6) is 0.651. The second-order valence-corrected chi connectivity index (χ2v) is 5.92. The highest BCUT2D eigenvalue weighted by atomic mass is 16.5. The fourth-order valence-electron chi connectivity index (χ4n) is 3.21. The molecule has 1 N–H and O–H groups in total. The molecule has 22 heavy (non-hydrogen) atoms. The molecule has 2 saturated heterocycles. The Kier molecular flexibility index (Phi) is 4.95. The van der Waals surface area contributed by atoms with E-state index in [4.69, 9.17) is 9.47 Å². The van der Waals surface area contributed by atoms with Crippen molar-refractivity contribution in [3.63, 3.8) is 0 Å². The topological polar surface area (TPSA) is 50.8 Å². The molecule has 0 saturated carbocycles. The second-order valence-electron chi connectivity index (χ2n) is 5.92. The predicted octanol–water partition coefficient (Wildman–Crippen LogP) is 1.68. The van der Waals surface area contributed by atoms with Crippen LogP contribution in [0.5, 0.6) is 5.75 Å². The highest BCUT2D eigenvalue weighted by Crippen LogP contribution is 2.22. The average molecular weight is 304 g/mol. The van der Waals surface area contributed by atoms with E-state index in [1.54, 1.807) is 12.1 Å². The van der Waals surface area contributed by atoms with Crippen molar-refractivity contribution in [2.45, 2.75) is 31.9 Å². The van der Waals surface area contributed by atoms with Crippen LogP contribution in [0.4, 0.5) is 0 Å². The normalized spacial score (nSPS) is 24.8. The van der Waals surface area contributed by atoms with Crippen LogP contribution in [0, 0.1) is 0 Å². The minimum atomic E-state index is -0.0753. The number of hydrogen-bond donors (Lipinski definition) is 1. The summed E-state index contributed by atoms with van der Waals surface area (Å²) in [5.41, 5.74) is 0.626. The molecule has 0 radical (unpaired) electrons. The van der Waals surface area contributed by atoms with E-state index >= 15 is 0 Å². The van der Waals surface area contributed by atoms with Crippen molar-refractivity contribution >= 4 is 5.91 Å². The molecule has 2 atom stereocenters. The summed E-state index contributed by atoms with van der Waals surface area (Å²) in [6.45, 7) is 5.96. The Balaban J connectivity index is 1.50. The maximum absolute atomic E-state index is 12.2. The summed E-state index contributed by atoms with van der Waals surface area (Å²) >= 11 is 0. The molecule has 120 valence electrons.